The third-order valence-electron chi connectivity index (χ3n) is 1.10. The molecule has 0 amide bonds. The maximum Gasteiger partial charge on any atom is 0.201 e. The maximum atomic E-state index is 11.2. The van der Waals surface area contributed by atoms with Gasteiger partial charge in [0.2, 0.25) is 9.84 Å². The van der Waals surface area contributed by atoms with Gasteiger partial charge in [-0.05, 0) is 22.0 Å². The Hall–Kier alpha value is -0.380. The monoisotopic (exact) mass is 265 g/mol. The predicted octanol–water partition coefficient (Wildman–Crippen LogP) is 1.81. The summed E-state index contributed by atoms with van der Waals surface area (Å²) in [7, 11) is -3.36. The first-order chi connectivity index (χ1) is 5.56. The molecule has 64 valence electrons. The van der Waals surface area contributed by atoms with Crippen LogP contribution in [0.25, 0.3) is 0 Å². The molecule has 0 atom stereocenters. The van der Waals surface area contributed by atoms with Crippen LogP contribution in [0.3, 0.4) is 0 Å². The second-order valence-corrected chi connectivity index (χ2v) is 6.04. The van der Waals surface area contributed by atoms with Gasteiger partial charge in [0.1, 0.15) is 9.96 Å². The number of nitrogens with zero attached hydrogens (tertiary/aromatic N) is 1. The average Bonchev–Trinajstić information content (AvgIpc) is 2.36. The van der Waals surface area contributed by atoms with Crippen LogP contribution in [-0.2, 0) is 9.84 Å². The molecular formula is C6H4BrNO2S2. The Bertz CT molecular complexity index is 415. The third kappa shape index (κ3) is 2.06. The number of hydrogen-bond acceptors (Lipinski definition) is 4. The molecule has 3 nitrogen and oxygen atoms in total. The van der Waals surface area contributed by atoms with Crippen molar-refractivity contribution in [1.29, 1.82) is 5.26 Å². The smallest absolute Gasteiger partial charge is 0.201 e. The van der Waals surface area contributed by atoms with Crippen molar-refractivity contribution in [3.05, 3.63) is 15.9 Å². The highest BCUT2D eigenvalue weighted by molar-refractivity contribution is 9.10. The highest BCUT2D eigenvalue weighted by Crippen LogP contribution is 2.24. The molecule has 1 heterocycles. The van der Waals surface area contributed by atoms with Gasteiger partial charge in [-0.2, -0.15) is 5.26 Å². The van der Waals surface area contributed by atoms with Gasteiger partial charge in [-0.25, -0.2) is 8.42 Å². The summed E-state index contributed by atoms with van der Waals surface area (Å²) in [6.07, 6.45) is 0. The van der Waals surface area contributed by atoms with E-state index in [0.29, 0.717) is 0 Å². The molecule has 1 aromatic heterocycles. The SMILES string of the molecule is N#CCS(=O)(=O)c1cc(Br)cs1. The van der Waals surface area contributed by atoms with E-state index in [9.17, 15) is 8.42 Å². The van der Waals surface area contributed by atoms with Crippen molar-refractivity contribution < 1.29 is 8.42 Å². The van der Waals surface area contributed by atoms with E-state index in [4.69, 9.17) is 5.26 Å². The number of thiophene rings is 1. The van der Waals surface area contributed by atoms with Gasteiger partial charge in [0.05, 0.1) is 6.07 Å². The summed E-state index contributed by atoms with van der Waals surface area (Å²) >= 11 is 4.25. The van der Waals surface area contributed by atoms with E-state index in [1.165, 1.54) is 6.07 Å². The van der Waals surface area contributed by atoms with Gasteiger partial charge in [-0.1, -0.05) is 0 Å². The average molecular weight is 266 g/mol. The molecular weight excluding hydrogens is 262 g/mol. The van der Waals surface area contributed by atoms with Gasteiger partial charge >= 0.3 is 0 Å². The normalized spacial score (nSPS) is 11.0. The Labute approximate surface area is 82.7 Å². The largest absolute Gasteiger partial charge is 0.222 e. The fraction of sp³-hybridized carbons (Fsp3) is 0.167. The van der Waals surface area contributed by atoms with E-state index >= 15 is 0 Å². The summed E-state index contributed by atoms with van der Waals surface area (Å²) in [4.78, 5) is 0. The summed E-state index contributed by atoms with van der Waals surface area (Å²) in [5.41, 5.74) is 0. The van der Waals surface area contributed by atoms with E-state index in [1.54, 1.807) is 11.4 Å². The second kappa shape index (κ2) is 3.56. The predicted molar refractivity (Wildman–Crippen MR) is 49.7 cm³/mol. The number of hydrogen-bond donors (Lipinski definition) is 0. The zero-order valence-electron chi connectivity index (χ0n) is 5.82. The Morgan fingerprint density at radius 2 is 2.33 bits per heavy atom. The minimum absolute atomic E-state index is 0.232. The van der Waals surface area contributed by atoms with Gasteiger partial charge in [0, 0.05) is 9.85 Å². The molecule has 0 N–H and O–H groups in total. The minimum atomic E-state index is -3.36. The maximum absolute atomic E-state index is 11.2. The van der Waals surface area contributed by atoms with Crippen molar-refractivity contribution in [3.8, 4) is 6.07 Å². The van der Waals surface area contributed by atoms with Gasteiger partial charge in [0.25, 0.3) is 0 Å². The molecule has 0 fully saturated rings. The lowest BCUT2D eigenvalue weighted by Gasteiger charge is -1.91. The summed E-state index contributed by atoms with van der Waals surface area (Å²) in [6.45, 7) is 0. The fourth-order valence-electron chi connectivity index (χ4n) is 0.614. The van der Waals surface area contributed by atoms with Crippen LogP contribution in [0.1, 0.15) is 0 Å². The van der Waals surface area contributed by atoms with Crippen LogP contribution in [0.5, 0.6) is 0 Å². The lowest BCUT2D eigenvalue weighted by molar-refractivity contribution is 0.601. The lowest BCUT2D eigenvalue weighted by Crippen LogP contribution is -2.01. The van der Waals surface area contributed by atoms with Crippen LogP contribution in [-0.4, -0.2) is 14.2 Å². The molecule has 1 aromatic rings. The molecule has 0 bridgehead atoms. The molecule has 0 aliphatic heterocycles. The molecule has 1 rings (SSSR count). The number of halogens is 1. The lowest BCUT2D eigenvalue weighted by atomic mass is 10.7. The Balaban J connectivity index is 3.08. The van der Waals surface area contributed by atoms with Crippen LogP contribution in [0, 0.1) is 11.3 Å². The fourth-order valence-corrected chi connectivity index (χ4v) is 3.44. The summed E-state index contributed by atoms with van der Waals surface area (Å²) < 4.78 is 23.4. The van der Waals surface area contributed by atoms with Crippen molar-refractivity contribution in [2.75, 3.05) is 5.75 Å². The standard InChI is InChI=1S/C6H4BrNO2S2/c7-5-3-6(11-4-5)12(9,10)2-1-8/h3-4H,2H2. The molecule has 0 radical (unpaired) electrons. The second-order valence-electron chi connectivity index (χ2n) is 2.00. The Morgan fingerprint density at radius 1 is 1.67 bits per heavy atom. The van der Waals surface area contributed by atoms with E-state index < -0.39 is 15.6 Å². The molecule has 0 aromatic carbocycles. The van der Waals surface area contributed by atoms with Crippen LogP contribution in [0.4, 0.5) is 0 Å². The third-order valence-corrected chi connectivity index (χ3v) is 4.88. The highest BCUT2D eigenvalue weighted by Gasteiger charge is 2.15. The number of nitriles is 1. The Kier molecular flexibility index (Phi) is 2.88. The van der Waals surface area contributed by atoms with E-state index in [2.05, 4.69) is 15.9 Å². The van der Waals surface area contributed by atoms with Crippen molar-refractivity contribution in [2.24, 2.45) is 0 Å². The summed E-state index contributed by atoms with van der Waals surface area (Å²) in [6, 6.07) is 3.12. The van der Waals surface area contributed by atoms with Crippen molar-refractivity contribution >= 4 is 37.1 Å². The van der Waals surface area contributed by atoms with E-state index in [-0.39, 0.29) is 4.21 Å². The van der Waals surface area contributed by atoms with Crippen molar-refractivity contribution in [3.63, 3.8) is 0 Å². The Morgan fingerprint density at radius 3 is 2.75 bits per heavy atom. The van der Waals surface area contributed by atoms with Gasteiger partial charge < -0.3 is 0 Å². The molecule has 0 spiro atoms. The van der Waals surface area contributed by atoms with Crippen LogP contribution >= 0.6 is 27.3 Å². The topological polar surface area (TPSA) is 57.9 Å². The van der Waals surface area contributed by atoms with Gasteiger partial charge in [-0.3, -0.25) is 0 Å². The van der Waals surface area contributed by atoms with Gasteiger partial charge in [0.15, 0.2) is 0 Å². The molecule has 6 heteroatoms. The first-order valence-corrected chi connectivity index (χ1v) is 6.22. The van der Waals surface area contributed by atoms with E-state index in [0.717, 1.165) is 15.8 Å². The van der Waals surface area contributed by atoms with Gasteiger partial charge in [-0.15, -0.1) is 11.3 Å². The molecule has 0 aliphatic carbocycles. The zero-order valence-corrected chi connectivity index (χ0v) is 9.04. The van der Waals surface area contributed by atoms with Crippen LogP contribution in [0.2, 0.25) is 0 Å². The number of rotatable bonds is 2. The first-order valence-electron chi connectivity index (χ1n) is 2.90. The van der Waals surface area contributed by atoms with Crippen molar-refractivity contribution in [2.45, 2.75) is 4.21 Å². The van der Waals surface area contributed by atoms with Crippen molar-refractivity contribution in [1.82, 2.24) is 0 Å². The zero-order chi connectivity index (χ0) is 9.19. The molecule has 0 unspecified atom stereocenters. The first kappa shape index (κ1) is 9.71. The minimum Gasteiger partial charge on any atom is -0.222 e. The van der Waals surface area contributed by atoms with Crippen LogP contribution < -0.4 is 0 Å². The summed E-state index contributed by atoms with van der Waals surface area (Å²) in [5, 5.41) is 9.90. The molecule has 0 saturated heterocycles. The van der Waals surface area contributed by atoms with Crippen LogP contribution in [0.15, 0.2) is 20.1 Å². The van der Waals surface area contributed by atoms with E-state index in [1.807, 2.05) is 0 Å². The highest BCUT2D eigenvalue weighted by atomic mass is 79.9. The quantitative estimate of drug-likeness (QED) is 0.820. The molecule has 0 saturated carbocycles. The number of sulfone groups is 1. The summed E-state index contributed by atoms with van der Waals surface area (Å²) in [5.74, 6) is -0.458. The molecule has 12 heavy (non-hydrogen) atoms. The molecule has 0 aliphatic rings.